The predicted molar refractivity (Wildman–Crippen MR) is 60.7 cm³/mol. The average Bonchev–Trinajstić information content (AvgIpc) is 2.17. The number of halogens is 2. The Morgan fingerprint density at radius 2 is 2.20 bits per heavy atom. The summed E-state index contributed by atoms with van der Waals surface area (Å²) in [5, 5.41) is 3.52. The molecule has 0 unspecified atom stereocenters. The molecule has 0 aliphatic carbocycles. The first-order valence-corrected chi connectivity index (χ1v) is 5.68. The Bertz CT molecular complexity index is 355. The first kappa shape index (κ1) is 10.9. The minimum Gasteiger partial charge on any atom is -0.316 e. The molecule has 1 fully saturated rings. The van der Waals surface area contributed by atoms with E-state index in [9.17, 15) is 4.39 Å². The summed E-state index contributed by atoms with van der Waals surface area (Å²) in [6, 6.07) is 5.02. The van der Waals surface area contributed by atoms with Gasteiger partial charge in [0.05, 0.1) is 5.02 Å². The van der Waals surface area contributed by atoms with Gasteiger partial charge in [0, 0.05) is 13.1 Å². The summed E-state index contributed by atoms with van der Waals surface area (Å²) in [5.74, 6) is -0.335. The van der Waals surface area contributed by atoms with E-state index in [4.69, 9.17) is 11.6 Å². The van der Waals surface area contributed by atoms with Crippen LogP contribution in [0.25, 0.3) is 0 Å². The SMILES string of the molecule is CCC1(Cc2ccc(F)c(Cl)c2)CNC1. The van der Waals surface area contributed by atoms with Crippen molar-refractivity contribution in [1.29, 1.82) is 0 Å². The Kier molecular flexibility index (Phi) is 2.98. The molecular formula is C12H15ClFN. The standard InChI is InChI=1S/C12H15ClFN/c1-2-12(7-15-8-12)6-9-3-4-11(14)10(13)5-9/h3-5,15H,2,6-8H2,1H3. The van der Waals surface area contributed by atoms with E-state index in [-0.39, 0.29) is 10.8 Å². The van der Waals surface area contributed by atoms with E-state index in [1.54, 1.807) is 6.07 Å². The first-order chi connectivity index (χ1) is 7.15. The van der Waals surface area contributed by atoms with Crippen molar-refractivity contribution in [2.75, 3.05) is 13.1 Å². The van der Waals surface area contributed by atoms with Crippen molar-refractivity contribution in [2.45, 2.75) is 19.8 Å². The zero-order valence-electron chi connectivity index (χ0n) is 8.82. The number of hydrogen-bond donors (Lipinski definition) is 1. The van der Waals surface area contributed by atoms with E-state index in [2.05, 4.69) is 12.2 Å². The van der Waals surface area contributed by atoms with E-state index in [1.165, 1.54) is 6.07 Å². The topological polar surface area (TPSA) is 12.0 Å². The highest BCUT2D eigenvalue weighted by Gasteiger charge is 2.34. The largest absolute Gasteiger partial charge is 0.316 e. The third kappa shape index (κ3) is 2.16. The van der Waals surface area contributed by atoms with Crippen LogP contribution in [0.5, 0.6) is 0 Å². The minimum absolute atomic E-state index is 0.228. The number of benzene rings is 1. The lowest BCUT2D eigenvalue weighted by atomic mass is 9.74. The average molecular weight is 228 g/mol. The van der Waals surface area contributed by atoms with E-state index < -0.39 is 0 Å². The highest BCUT2D eigenvalue weighted by Crippen LogP contribution is 2.32. The third-order valence-corrected chi connectivity index (χ3v) is 3.60. The Hall–Kier alpha value is -0.600. The summed E-state index contributed by atoms with van der Waals surface area (Å²) in [7, 11) is 0. The lowest BCUT2D eigenvalue weighted by Crippen LogP contribution is -2.54. The van der Waals surface area contributed by atoms with Crippen molar-refractivity contribution in [3.05, 3.63) is 34.6 Å². The van der Waals surface area contributed by atoms with Crippen LogP contribution >= 0.6 is 11.6 Å². The van der Waals surface area contributed by atoms with Gasteiger partial charge in [0.2, 0.25) is 0 Å². The minimum atomic E-state index is -0.335. The van der Waals surface area contributed by atoms with Crippen LogP contribution < -0.4 is 5.32 Å². The number of rotatable bonds is 3. The van der Waals surface area contributed by atoms with Gasteiger partial charge in [0.1, 0.15) is 5.82 Å². The van der Waals surface area contributed by atoms with Gasteiger partial charge in [-0.1, -0.05) is 24.6 Å². The van der Waals surface area contributed by atoms with Crippen molar-refractivity contribution in [1.82, 2.24) is 5.32 Å². The van der Waals surface area contributed by atoms with Crippen molar-refractivity contribution in [2.24, 2.45) is 5.41 Å². The van der Waals surface area contributed by atoms with E-state index in [1.807, 2.05) is 6.07 Å². The zero-order chi connectivity index (χ0) is 10.9. The Labute approximate surface area is 94.6 Å². The number of nitrogens with one attached hydrogen (secondary N) is 1. The molecule has 15 heavy (non-hydrogen) atoms. The summed E-state index contributed by atoms with van der Waals surface area (Å²) < 4.78 is 13.0. The highest BCUT2D eigenvalue weighted by atomic mass is 35.5. The van der Waals surface area contributed by atoms with Crippen molar-refractivity contribution >= 4 is 11.6 Å². The van der Waals surface area contributed by atoms with Gasteiger partial charge in [-0.3, -0.25) is 0 Å². The molecule has 0 saturated carbocycles. The fourth-order valence-corrected chi connectivity index (χ4v) is 2.26. The lowest BCUT2D eigenvalue weighted by molar-refractivity contribution is 0.160. The molecule has 1 nitrogen and oxygen atoms in total. The second-order valence-corrected chi connectivity index (χ2v) is 4.79. The van der Waals surface area contributed by atoms with Crippen LogP contribution in [-0.4, -0.2) is 13.1 Å². The van der Waals surface area contributed by atoms with E-state index in [0.717, 1.165) is 31.5 Å². The van der Waals surface area contributed by atoms with E-state index >= 15 is 0 Å². The molecule has 0 atom stereocenters. The van der Waals surface area contributed by atoms with Crippen LogP contribution in [-0.2, 0) is 6.42 Å². The molecule has 2 rings (SSSR count). The Morgan fingerprint density at radius 1 is 1.47 bits per heavy atom. The Balaban J connectivity index is 2.13. The molecule has 0 amide bonds. The smallest absolute Gasteiger partial charge is 0.141 e. The molecule has 0 radical (unpaired) electrons. The van der Waals surface area contributed by atoms with Gasteiger partial charge in [-0.15, -0.1) is 0 Å². The van der Waals surface area contributed by atoms with Gasteiger partial charge in [-0.05, 0) is 36.0 Å². The summed E-state index contributed by atoms with van der Waals surface area (Å²) in [6.45, 7) is 4.31. The molecular weight excluding hydrogens is 213 g/mol. The fourth-order valence-electron chi connectivity index (χ4n) is 2.06. The van der Waals surface area contributed by atoms with Crippen molar-refractivity contribution in [3.63, 3.8) is 0 Å². The van der Waals surface area contributed by atoms with Crippen LogP contribution in [0.1, 0.15) is 18.9 Å². The molecule has 1 aromatic rings. The van der Waals surface area contributed by atoms with Gasteiger partial charge in [0.15, 0.2) is 0 Å². The quantitative estimate of drug-likeness (QED) is 0.837. The fraction of sp³-hybridized carbons (Fsp3) is 0.500. The molecule has 1 saturated heterocycles. The molecule has 3 heteroatoms. The molecule has 1 aromatic carbocycles. The van der Waals surface area contributed by atoms with Crippen LogP contribution in [0, 0.1) is 11.2 Å². The molecule has 0 aromatic heterocycles. The maximum atomic E-state index is 13.0. The summed E-state index contributed by atoms with van der Waals surface area (Å²) in [5.41, 5.74) is 1.49. The number of hydrogen-bond acceptors (Lipinski definition) is 1. The van der Waals surface area contributed by atoms with Crippen LogP contribution in [0.15, 0.2) is 18.2 Å². The molecule has 1 heterocycles. The summed E-state index contributed by atoms with van der Waals surface area (Å²) >= 11 is 5.76. The second-order valence-electron chi connectivity index (χ2n) is 4.38. The lowest BCUT2D eigenvalue weighted by Gasteiger charge is -2.42. The molecule has 1 aliphatic rings. The van der Waals surface area contributed by atoms with E-state index in [0.29, 0.717) is 5.41 Å². The van der Waals surface area contributed by atoms with Crippen molar-refractivity contribution < 1.29 is 4.39 Å². The summed E-state index contributed by atoms with van der Waals surface area (Å²) in [6.07, 6.45) is 2.13. The van der Waals surface area contributed by atoms with Gasteiger partial charge in [-0.2, -0.15) is 0 Å². The van der Waals surface area contributed by atoms with Crippen molar-refractivity contribution in [3.8, 4) is 0 Å². The normalized spacial score (nSPS) is 18.6. The summed E-state index contributed by atoms with van der Waals surface area (Å²) in [4.78, 5) is 0. The highest BCUT2D eigenvalue weighted by molar-refractivity contribution is 6.30. The molecule has 1 N–H and O–H groups in total. The molecule has 0 spiro atoms. The molecule has 0 bridgehead atoms. The maximum absolute atomic E-state index is 13.0. The maximum Gasteiger partial charge on any atom is 0.141 e. The van der Waals surface area contributed by atoms with Crippen LogP contribution in [0.2, 0.25) is 5.02 Å². The molecule has 82 valence electrons. The second kappa shape index (κ2) is 4.11. The van der Waals surface area contributed by atoms with Gasteiger partial charge in [-0.25, -0.2) is 4.39 Å². The predicted octanol–water partition coefficient (Wildman–Crippen LogP) is 3.02. The van der Waals surface area contributed by atoms with Gasteiger partial charge < -0.3 is 5.32 Å². The Morgan fingerprint density at radius 3 is 2.67 bits per heavy atom. The van der Waals surface area contributed by atoms with Gasteiger partial charge in [0.25, 0.3) is 0 Å². The zero-order valence-corrected chi connectivity index (χ0v) is 9.57. The van der Waals surface area contributed by atoms with Gasteiger partial charge >= 0.3 is 0 Å². The van der Waals surface area contributed by atoms with Crippen LogP contribution in [0.3, 0.4) is 0 Å². The molecule has 1 aliphatic heterocycles. The first-order valence-electron chi connectivity index (χ1n) is 5.30. The monoisotopic (exact) mass is 227 g/mol. The van der Waals surface area contributed by atoms with Crippen LogP contribution in [0.4, 0.5) is 4.39 Å². The third-order valence-electron chi connectivity index (χ3n) is 3.31.